The largest absolute Gasteiger partial charge is 0.469 e. The molecule has 2 aliphatic rings. The van der Waals surface area contributed by atoms with E-state index in [0.717, 1.165) is 24.0 Å². The van der Waals surface area contributed by atoms with Gasteiger partial charge >= 0.3 is 5.97 Å². The minimum Gasteiger partial charge on any atom is -0.469 e. The normalized spacial score (nSPS) is 23.8. The highest BCUT2D eigenvalue weighted by Gasteiger charge is 2.39. The third-order valence-corrected chi connectivity index (χ3v) is 9.25. The maximum Gasteiger partial charge on any atom is 0.305 e. The van der Waals surface area contributed by atoms with Crippen molar-refractivity contribution in [2.75, 3.05) is 13.7 Å². The van der Waals surface area contributed by atoms with Gasteiger partial charge in [0, 0.05) is 19.2 Å². The summed E-state index contributed by atoms with van der Waals surface area (Å²) in [5, 5.41) is 9.90. The van der Waals surface area contributed by atoms with Crippen LogP contribution in [0, 0.1) is 11.3 Å². The molecular formula is C31H37Cl2NO4. The van der Waals surface area contributed by atoms with Gasteiger partial charge in [-0.2, -0.15) is 0 Å². The Morgan fingerprint density at radius 2 is 1.71 bits per heavy atom. The molecule has 1 aromatic carbocycles. The number of hydrogen-bond donors (Lipinski definition) is 1. The molecule has 2 fully saturated rings. The SMILES string of the molecule is COC(=O)CC1CCC2(CC1)CCC(c1ccc(C/C(=C/C(=O)c3c(Cl)ccnc3Cl)CCO)cc1)CC2. The van der Waals surface area contributed by atoms with Crippen LogP contribution in [0.15, 0.2) is 48.2 Å². The summed E-state index contributed by atoms with van der Waals surface area (Å²) in [6, 6.07) is 10.3. The molecule has 2 aromatic rings. The van der Waals surface area contributed by atoms with Crippen LogP contribution in [0.3, 0.4) is 0 Å². The molecule has 1 N–H and O–H groups in total. The third-order valence-electron chi connectivity index (χ3n) is 8.65. The molecule has 0 atom stereocenters. The van der Waals surface area contributed by atoms with Crippen LogP contribution in [0.2, 0.25) is 10.2 Å². The van der Waals surface area contributed by atoms with Crippen LogP contribution in [0.25, 0.3) is 0 Å². The lowest BCUT2D eigenvalue weighted by Crippen LogP contribution is -2.32. The van der Waals surface area contributed by atoms with Gasteiger partial charge in [0.25, 0.3) is 0 Å². The number of pyridine rings is 1. The van der Waals surface area contributed by atoms with E-state index in [2.05, 4.69) is 29.2 Å². The first-order valence-corrected chi connectivity index (χ1v) is 14.4. The van der Waals surface area contributed by atoms with E-state index in [9.17, 15) is 14.7 Å². The Morgan fingerprint density at radius 3 is 2.32 bits per heavy atom. The standard InChI is InChI=1S/C31H37Cl2NO4/c1-38-28(37)20-22-6-12-31(13-7-22)14-8-25(9-15-31)24-4-2-21(3-5-24)18-23(11-17-35)19-27(36)29-26(32)10-16-34-30(29)33/h2-5,10,16,19,22,25,35H,6-9,11-15,17-18,20H2,1H3/b23-19+. The number of aromatic nitrogens is 1. The number of nitrogens with zero attached hydrogens (tertiary/aromatic N) is 1. The number of aliphatic hydroxyl groups excluding tert-OH is 1. The van der Waals surface area contributed by atoms with Gasteiger partial charge in [-0.1, -0.05) is 53.0 Å². The van der Waals surface area contributed by atoms with Gasteiger partial charge in [-0.05, 0) is 105 Å². The quantitative estimate of drug-likeness (QED) is 0.149. The number of ketones is 1. The fraction of sp³-hybridized carbons (Fsp3) is 0.516. The molecule has 0 amide bonds. The minimum atomic E-state index is -0.302. The Labute approximate surface area is 235 Å². The minimum absolute atomic E-state index is 0.0427. The maximum absolute atomic E-state index is 12.8. The molecule has 204 valence electrons. The molecule has 1 heterocycles. The zero-order valence-corrected chi connectivity index (χ0v) is 23.6. The Hall–Kier alpha value is -2.21. The number of benzene rings is 1. The number of carbonyl (C=O) groups excluding carboxylic acids is 2. The van der Waals surface area contributed by atoms with Crippen molar-refractivity contribution in [2.24, 2.45) is 11.3 Å². The topological polar surface area (TPSA) is 76.5 Å². The van der Waals surface area contributed by atoms with E-state index >= 15 is 0 Å². The Balaban J connectivity index is 1.34. The molecule has 0 bridgehead atoms. The lowest BCUT2D eigenvalue weighted by molar-refractivity contribution is -0.142. The summed E-state index contributed by atoms with van der Waals surface area (Å²) in [7, 11) is 1.48. The van der Waals surface area contributed by atoms with Crippen LogP contribution in [-0.2, 0) is 16.0 Å². The third kappa shape index (κ3) is 7.25. The molecule has 0 unspecified atom stereocenters. The van der Waals surface area contributed by atoms with Crippen LogP contribution < -0.4 is 0 Å². The zero-order valence-electron chi connectivity index (χ0n) is 22.1. The second kappa shape index (κ2) is 13.2. The van der Waals surface area contributed by atoms with Gasteiger partial charge in [-0.25, -0.2) is 4.98 Å². The van der Waals surface area contributed by atoms with Crippen molar-refractivity contribution < 1.29 is 19.4 Å². The fourth-order valence-electron chi connectivity index (χ4n) is 6.29. The van der Waals surface area contributed by atoms with Crippen molar-refractivity contribution >= 4 is 35.0 Å². The van der Waals surface area contributed by atoms with Crippen molar-refractivity contribution in [1.29, 1.82) is 0 Å². The van der Waals surface area contributed by atoms with Crippen molar-refractivity contribution in [3.05, 3.63) is 75.0 Å². The lowest BCUT2D eigenvalue weighted by atomic mass is 9.60. The summed E-state index contributed by atoms with van der Waals surface area (Å²) in [5.74, 6) is 0.678. The van der Waals surface area contributed by atoms with E-state index in [1.807, 2.05) is 0 Å². The second-order valence-electron chi connectivity index (χ2n) is 11.0. The first-order valence-electron chi connectivity index (χ1n) is 13.6. The molecule has 0 aliphatic heterocycles. The number of halogens is 2. The fourth-order valence-corrected chi connectivity index (χ4v) is 6.83. The molecule has 38 heavy (non-hydrogen) atoms. The van der Waals surface area contributed by atoms with E-state index in [4.69, 9.17) is 27.9 Å². The van der Waals surface area contributed by atoms with Crippen molar-refractivity contribution in [2.45, 2.75) is 76.5 Å². The van der Waals surface area contributed by atoms with Gasteiger partial charge in [0.15, 0.2) is 5.78 Å². The number of methoxy groups -OCH3 is 1. The predicted molar refractivity (Wildman–Crippen MR) is 151 cm³/mol. The number of aliphatic hydroxyl groups is 1. The molecule has 2 saturated carbocycles. The lowest BCUT2D eigenvalue weighted by Gasteiger charge is -2.45. The maximum atomic E-state index is 12.8. The highest BCUT2D eigenvalue weighted by Crippen LogP contribution is 2.52. The number of esters is 1. The van der Waals surface area contributed by atoms with E-state index < -0.39 is 0 Å². The number of rotatable bonds is 9. The van der Waals surface area contributed by atoms with Gasteiger partial charge in [-0.3, -0.25) is 9.59 Å². The van der Waals surface area contributed by atoms with Gasteiger partial charge in [0.1, 0.15) is 5.15 Å². The smallest absolute Gasteiger partial charge is 0.305 e. The molecule has 2 aliphatic carbocycles. The first-order chi connectivity index (χ1) is 18.3. The number of ether oxygens (including phenoxy) is 1. The average molecular weight is 559 g/mol. The summed E-state index contributed by atoms with van der Waals surface area (Å²) < 4.78 is 4.86. The highest BCUT2D eigenvalue weighted by atomic mass is 35.5. The highest BCUT2D eigenvalue weighted by molar-refractivity contribution is 6.39. The van der Waals surface area contributed by atoms with Gasteiger partial charge in [-0.15, -0.1) is 0 Å². The van der Waals surface area contributed by atoms with Gasteiger partial charge < -0.3 is 9.84 Å². The molecule has 0 saturated heterocycles. The average Bonchev–Trinajstić information content (AvgIpc) is 2.91. The number of hydrogen-bond acceptors (Lipinski definition) is 5. The van der Waals surface area contributed by atoms with E-state index in [1.54, 1.807) is 6.07 Å². The molecule has 1 spiro atoms. The van der Waals surface area contributed by atoms with Crippen molar-refractivity contribution in [1.82, 2.24) is 4.98 Å². The molecular weight excluding hydrogens is 521 g/mol. The summed E-state index contributed by atoms with van der Waals surface area (Å²) in [6.45, 7) is -0.0427. The van der Waals surface area contributed by atoms with E-state index in [0.29, 0.717) is 36.5 Å². The summed E-state index contributed by atoms with van der Waals surface area (Å²) in [4.78, 5) is 28.4. The summed E-state index contributed by atoms with van der Waals surface area (Å²) in [6.07, 6.45) is 14.2. The van der Waals surface area contributed by atoms with Gasteiger partial charge in [0.2, 0.25) is 0 Å². The van der Waals surface area contributed by atoms with Gasteiger partial charge in [0.05, 0.1) is 17.7 Å². The first kappa shape index (κ1) is 28.8. The Bertz CT molecular complexity index is 1120. The van der Waals surface area contributed by atoms with Crippen LogP contribution in [-0.4, -0.2) is 35.6 Å². The van der Waals surface area contributed by atoms with Crippen molar-refractivity contribution in [3.8, 4) is 0 Å². The van der Waals surface area contributed by atoms with Crippen LogP contribution in [0.5, 0.6) is 0 Å². The molecule has 5 nitrogen and oxygen atoms in total. The second-order valence-corrected chi connectivity index (χ2v) is 11.8. The van der Waals surface area contributed by atoms with Crippen LogP contribution >= 0.6 is 23.2 Å². The molecule has 1 aromatic heterocycles. The summed E-state index contributed by atoms with van der Waals surface area (Å²) >= 11 is 12.3. The van der Waals surface area contributed by atoms with E-state index in [1.165, 1.54) is 63.5 Å². The molecule has 0 radical (unpaired) electrons. The number of allylic oxidation sites excluding steroid dienone is 1. The van der Waals surface area contributed by atoms with Crippen LogP contribution in [0.1, 0.15) is 91.6 Å². The van der Waals surface area contributed by atoms with Crippen LogP contribution in [0.4, 0.5) is 0 Å². The summed E-state index contributed by atoms with van der Waals surface area (Å²) in [5.41, 5.74) is 3.94. The Morgan fingerprint density at radius 1 is 1.05 bits per heavy atom. The number of carbonyl (C=O) groups is 2. The van der Waals surface area contributed by atoms with Crippen molar-refractivity contribution in [3.63, 3.8) is 0 Å². The predicted octanol–water partition coefficient (Wildman–Crippen LogP) is 7.52. The molecule has 4 rings (SSSR count). The zero-order chi connectivity index (χ0) is 27.1. The monoisotopic (exact) mass is 557 g/mol. The van der Waals surface area contributed by atoms with E-state index in [-0.39, 0.29) is 34.1 Å². The molecule has 7 heteroatoms. The Kier molecular flexibility index (Phi) is 10.0.